The highest BCUT2D eigenvalue weighted by Gasteiger charge is 2.22. The summed E-state index contributed by atoms with van der Waals surface area (Å²) >= 11 is 0. The molecule has 0 N–H and O–H groups in total. The molecule has 0 unspecified atom stereocenters. The van der Waals surface area contributed by atoms with Gasteiger partial charge in [0.1, 0.15) is 11.5 Å². The quantitative estimate of drug-likeness (QED) is 0.365. The van der Waals surface area contributed by atoms with Crippen LogP contribution in [0.3, 0.4) is 0 Å². The lowest BCUT2D eigenvalue weighted by molar-refractivity contribution is -0.131. The van der Waals surface area contributed by atoms with Crippen molar-refractivity contribution < 1.29 is 19.1 Å². The number of hydrogen-bond acceptors (Lipinski definition) is 5. The topological polar surface area (TPSA) is 59.1 Å². The molecule has 0 aromatic heterocycles. The monoisotopic (exact) mass is 434 g/mol. The smallest absolute Gasteiger partial charge is 0.415 e. The Labute approximate surface area is 189 Å². The van der Waals surface area contributed by atoms with E-state index in [1.165, 1.54) is 6.92 Å². The number of hydrogen-bond donors (Lipinski definition) is 0. The second-order valence-corrected chi connectivity index (χ2v) is 7.89. The normalized spacial score (nSPS) is 14.0. The first kappa shape index (κ1) is 23.3. The highest BCUT2D eigenvalue weighted by Crippen LogP contribution is 2.35. The predicted octanol–water partition coefficient (Wildman–Crippen LogP) is 4.48. The van der Waals surface area contributed by atoms with Gasteiger partial charge in [0.2, 0.25) is 0 Å². The Morgan fingerprint density at radius 1 is 0.938 bits per heavy atom. The Morgan fingerprint density at radius 2 is 1.62 bits per heavy atom. The second-order valence-electron chi connectivity index (χ2n) is 7.89. The number of carbonyl (C=O) groups excluding carboxylic acids is 2. The highest BCUT2D eigenvalue weighted by molar-refractivity contribution is 5.78. The van der Waals surface area contributed by atoms with Gasteiger partial charge in [-0.2, -0.15) is 0 Å². The number of rotatable bonds is 7. The minimum atomic E-state index is -0.383. The van der Waals surface area contributed by atoms with Crippen LogP contribution in [0.25, 0.3) is 11.1 Å². The number of allylic oxidation sites excluding steroid dienone is 2. The Morgan fingerprint density at radius 3 is 2.28 bits per heavy atom. The summed E-state index contributed by atoms with van der Waals surface area (Å²) in [5, 5.41) is 0. The lowest BCUT2D eigenvalue weighted by atomic mass is 9.97. The summed E-state index contributed by atoms with van der Waals surface area (Å²) in [5.74, 6) is 0.609. The number of amides is 1. The second kappa shape index (κ2) is 10.8. The molecule has 1 amide bonds. The van der Waals surface area contributed by atoms with Crippen LogP contribution in [0.4, 0.5) is 4.79 Å². The van der Waals surface area contributed by atoms with E-state index in [4.69, 9.17) is 9.47 Å². The third kappa shape index (κ3) is 5.86. The molecule has 0 saturated carbocycles. The summed E-state index contributed by atoms with van der Waals surface area (Å²) in [5.41, 5.74) is 3.55. The van der Waals surface area contributed by atoms with Crippen LogP contribution in [-0.2, 0) is 17.6 Å². The molecule has 168 valence electrons. The van der Waals surface area contributed by atoms with Crippen LogP contribution >= 0.6 is 0 Å². The summed E-state index contributed by atoms with van der Waals surface area (Å²) in [4.78, 5) is 28.2. The van der Waals surface area contributed by atoms with Crippen molar-refractivity contribution in [2.75, 3.05) is 33.2 Å². The molecule has 2 aromatic carbocycles. The van der Waals surface area contributed by atoms with Gasteiger partial charge in [-0.25, -0.2) is 4.79 Å². The van der Waals surface area contributed by atoms with Crippen LogP contribution in [-0.4, -0.2) is 55.1 Å². The Kier molecular flexibility index (Phi) is 7.84. The maximum Gasteiger partial charge on any atom is 0.415 e. The Balaban J connectivity index is 1.92. The van der Waals surface area contributed by atoms with Gasteiger partial charge in [-0.1, -0.05) is 24.3 Å². The van der Waals surface area contributed by atoms with E-state index in [9.17, 15) is 9.59 Å². The molecule has 6 nitrogen and oxygen atoms in total. The highest BCUT2D eigenvalue weighted by atomic mass is 16.6. The molecule has 0 bridgehead atoms. The van der Waals surface area contributed by atoms with Crippen molar-refractivity contribution in [2.24, 2.45) is 0 Å². The van der Waals surface area contributed by atoms with E-state index in [2.05, 4.69) is 18.1 Å². The van der Waals surface area contributed by atoms with Gasteiger partial charge in [0.25, 0.3) is 0 Å². The summed E-state index contributed by atoms with van der Waals surface area (Å²) in [6.45, 7) is 12.0. The largest absolute Gasteiger partial charge is 0.426 e. The predicted molar refractivity (Wildman–Crippen MR) is 126 cm³/mol. The van der Waals surface area contributed by atoms with E-state index in [-0.39, 0.29) is 12.1 Å². The van der Waals surface area contributed by atoms with Crippen molar-refractivity contribution in [1.82, 2.24) is 9.80 Å². The Bertz CT molecular complexity index is 1010. The number of likely N-dealkylation sites (N-methyl/N-ethyl adjacent to an activating group) is 1. The van der Waals surface area contributed by atoms with Crippen LogP contribution in [0, 0.1) is 0 Å². The average Bonchev–Trinajstić information content (AvgIpc) is 2.76. The fraction of sp³-hybridized carbons (Fsp3) is 0.308. The molecule has 1 saturated heterocycles. The van der Waals surface area contributed by atoms with Gasteiger partial charge < -0.3 is 19.3 Å². The fourth-order valence-corrected chi connectivity index (χ4v) is 3.65. The first-order valence-corrected chi connectivity index (χ1v) is 10.7. The van der Waals surface area contributed by atoms with Crippen molar-refractivity contribution in [3.05, 3.63) is 72.8 Å². The first-order chi connectivity index (χ1) is 15.4. The van der Waals surface area contributed by atoms with Crippen LogP contribution in [0.15, 0.2) is 61.7 Å². The first-order valence-electron chi connectivity index (χ1n) is 10.7. The maximum atomic E-state index is 12.7. The molecule has 1 fully saturated rings. The van der Waals surface area contributed by atoms with E-state index in [0.717, 1.165) is 35.3 Å². The van der Waals surface area contributed by atoms with Gasteiger partial charge in [0.15, 0.2) is 0 Å². The SMILES string of the molecule is C=CCc1ccc(OC(C)=O)c(-c2ccc(OC(=O)N3CCN(C)CC3)c(CC=C)c2)c1. The van der Waals surface area contributed by atoms with Crippen molar-refractivity contribution in [3.63, 3.8) is 0 Å². The summed E-state index contributed by atoms with van der Waals surface area (Å²) in [6.07, 6.45) is 4.49. The Hall–Kier alpha value is -3.38. The van der Waals surface area contributed by atoms with Gasteiger partial charge in [0.05, 0.1) is 0 Å². The summed E-state index contributed by atoms with van der Waals surface area (Å²) < 4.78 is 11.2. The average molecular weight is 435 g/mol. The van der Waals surface area contributed by atoms with Crippen molar-refractivity contribution >= 4 is 12.1 Å². The standard InChI is InChI=1S/C26H30N2O4/c1-5-7-20-9-11-25(31-19(3)29)23(17-20)21-10-12-24(22(18-21)8-6-2)32-26(30)28-15-13-27(4)14-16-28/h5-6,9-12,17-18H,1-2,7-8,13-16H2,3-4H3. The minimum Gasteiger partial charge on any atom is -0.426 e. The molecule has 0 radical (unpaired) electrons. The molecular formula is C26H30N2O4. The van der Waals surface area contributed by atoms with Crippen LogP contribution in [0.1, 0.15) is 18.1 Å². The van der Waals surface area contributed by atoms with E-state index in [1.807, 2.05) is 37.4 Å². The summed E-state index contributed by atoms with van der Waals surface area (Å²) in [7, 11) is 2.04. The van der Waals surface area contributed by atoms with Crippen LogP contribution < -0.4 is 9.47 Å². The van der Waals surface area contributed by atoms with Gasteiger partial charge in [0, 0.05) is 38.7 Å². The summed E-state index contributed by atoms with van der Waals surface area (Å²) in [6, 6.07) is 11.3. The zero-order valence-corrected chi connectivity index (χ0v) is 18.8. The minimum absolute atomic E-state index is 0.343. The zero-order valence-electron chi connectivity index (χ0n) is 18.8. The number of ether oxygens (including phenoxy) is 2. The van der Waals surface area contributed by atoms with Crippen LogP contribution in [0.2, 0.25) is 0 Å². The van der Waals surface area contributed by atoms with E-state index >= 15 is 0 Å². The lowest BCUT2D eigenvalue weighted by Crippen LogP contribution is -2.48. The van der Waals surface area contributed by atoms with Crippen LogP contribution in [0.5, 0.6) is 11.5 Å². The molecule has 0 spiro atoms. The molecule has 1 aliphatic rings. The van der Waals surface area contributed by atoms with Gasteiger partial charge in [-0.05, 0) is 60.8 Å². The van der Waals surface area contributed by atoms with Crippen molar-refractivity contribution in [1.29, 1.82) is 0 Å². The van der Waals surface area contributed by atoms with Gasteiger partial charge in [-0.15, -0.1) is 13.2 Å². The number of piperazine rings is 1. The van der Waals surface area contributed by atoms with E-state index < -0.39 is 0 Å². The van der Waals surface area contributed by atoms with Gasteiger partial charge >= 0.3 is 12.1 Å². The molecule has 3 rings (SSSR count). The molecular weight excluding hydrogens is 404 g/mol. The van der Waals surface area contributed by atoms with Crippen molar-refractivity contribution in [2.45, 2.75) is 19.8 Å². The van der Waals surface area contributed by atoms with Crippen molar-refractivity contribution in [3.8, 4) is 22.6 Å². The van der Waals surface area contributed by atoms with E-state index in [1.54, 1.807) is 23.1 Å². The number of esters is 1. The fourth-order valence-electron chi connectivity index (χ4n) is 3.65. The van der Waals surface area contributed by atoms with Gasteiger partial charge in [-0.3, -0.25) is 4.79 Å². The molecule has 6 heteroatoms. The lowest BCUT2D eigenvalue weighted by Gasteiger charge is -2.31. The number of nitrogens with zero attached hydrogens (tertiary/aromatic N) is 2. The number of carbonyl (C=O) groups is 2. The molecule has 1 heterocycles. The third-order valence-electron chi connectivity index (χ3n) is 5.37. The molecule has 2 aromatic rings. The zero-order chi connectivity index (χ0) is 23.1. The third-order valence-corrected chi connectivity index (χ3v) is 5.37. The molecule has 0 aliphatic carbocycles. The molecule has 32 heavy (non-hydrogen) atoms. The molecule has 1 aliphatic heterocycles. The molecule has 0 atom stereocenters. The maximum absolute atomic E-state index is 12.7. The number of benzene rings is 2. The van der Waals surface area contributed by atoms with E-state index in [0.29, 0.717) is 37.4 Å².